The van der Waals surface area contributed by atoms with Gasteiger partial charge in [-0.1, -0.05) is 25.1 Å². The van der Waals surface area contributed by atoms with Gasteiger partial charge >= 0.3 is 0 Å². The van der Waals surface area contributed by atoms with Crippen LogP contribution >= 0.6 is 0 Å². The molecule has 3 unspecified atom stereocenters. The minimum Gasteiger partial charge on any atom is -0.393 e. The van der Waals surface area contributed by atoms with Crippen molar-refractivity contribution in [1.29, 1.82) is 0 Å². The molecule has 1 aromatic rings. The highest BCUT2D eigenvalue weighted by Crippen LogP contribution is 2.41. The number of aliphatic hydroxyl groups excluding tert-OH is 2. The molecule has 0 spiro atoms. The molecule has 2 fully saturated rings. The van der Waals surface area contributed by atoms with E-state index in [0.29, 0.717) is 11.8 Å². The normalized spacial score (nSPS) is 31.5. The van der Waals surface area contributed by atoms with Gasteiger partial charge in [-0.05, 0) is 31.2 Å². The highest BCUT2D eigenvalue weighted by Gasteiger charge is 2.42. The van der Waals surface area contributed by atoms with E-state index in [2.05, 4.69) is 11.0 Å². The lowest BCUT2D eigenvalue weighted by molar-refractivity contribution is 0.133. The predicted octanol–water partition coefficient (Wildman–Crippen LogP) is 2.34. The van der Waals surface area contributed by atoms with Gasteiger partial charge in [-0.3, -0.25) is 0 Å². The summed E-state index contributed by atoms with van der Waals surface area (Å²) >= 11 is 0. The molecule has 2 aliphatic rings. The minimum atomic E-state index is -0.387. The van der Waals surface area contributed by atoms with Crippen LogP contribution in [0.4, 0.5) is 5.69 Å². The van der Waals surface area contributed by atoms with Gasteiger partial charge in [0.05, 0.1) is 12.2 Å². The van der Waals surface area contributed by atoms with Crippen molar-refractivity contribution < 1.29 is 10.2 Å². The molecule has 1 aliphatic carbocycles. The van der Waals surface area contributed by atoms with E-state index in [0.717, 1.165) is 43.6 Å². The number of aliphatic hydroxyl groups is 2. The molecule has 1 saturated heterocycles. The van der Waals surface area contributed by atoms with Gasteiger partial charge in [0.15, 0.2) is 0 Å². The first-order valence-corrected chi connectivity index (χ1v) is 7.40. The van der Waals surface area contributed by atoms with Crippen LogP contribution in [0.2, 0.25) is 0 Å². The zero-order valence-electron chi connectivity index (χ0n) is 11.5. The summed E-state index contributed by atoms with van der Waals surface area (Å²) in [4.78, 5) is 2.35. The fraction of sp³-hybridized carbons (Fsp3) is 0.625. The van der Waals surface area contributed by atoms with Crippen molar-refractivity contribution >= 4 is 5.69 Å². The Morgan fingerprint density at radius 1 is 1.26 bits per heavy atom. The number of rotatable bonds is 3. The number of benzene rings is 1. The fourth-order valence-corrected chi connectivity index (χ4v) is 3.71. The Morgan fingerprint density at radius 3 is 2.79 bits per heavy atom. The van der Waals surface area contributed by atoms with Crippen LogP contribution in [0.3, 0.4) is 0 Å². The minimum absolute atomic E-state index is 0.127. The van der Waals surface area contributed by atoms with E-state index in [-0.39, 0.29) is 12.2 Å². The van der Waals surface area contributed by atoms with Crippen LogP contribution in [0, 0.1) is 11.8 Å². The van der Waals surface area contributed by atoms with Crippen LogP contribution in [0.25, 0.3) is 0 Å². The number of fused-ring (bicyclic) bond motifs is 1. The standard InChI is InChI=1S/C16H23NO2/c1-2-15(18)12-5-3-4-6-14(12)17-9-11-7-8-16(19)13(11)10-17/h3-6,11,13,15-16,18-19H,2,7-10H2,1H3/t11?,13?,15-,16?/m1/s1. The monoisotopic (exact) mass is 261 g/mol. The van der Waals surface area contributed by atoms with E-state index in [1.54, 1.807) is 0 Å². The van der Waals surface area contributed by atoms with Crippen LogP contribution in [0.1, 0.15) is 37.9 Å². The summed E-state index contributed by atoms with van der Waals surface area (Å²) < 4.78 is 0. The molecule has 3 nitrogen and oxygen atoms in total. The molecule has 0 aromatic heterocycles. The van der Waals surface area contributed by atoms with Gasteiger partial charge in [-0.25, -0.2) is 0 Å². The Labute approximate surface area is 114 Å². The second kappa shape index (κ2) is 5.14. The van der Waals surface area contributed by atoms with Crippen LogP contribution in [-0.4, -0.2) is 29.4 Å². The van der Waals surface area contributed by atoms with Crippen LogP contribution in [0.15, 0.2) is 24.3 Å². The molecule has 1 saturated carbocycles. The van der Waals surface area contributed by atoms with Crippen molar-refractivity contribution in [2.45, 2.75) is 38.4 Å². The lowest BCUT2D eigenvalue weighted by atomic mass is 10.00. The Bertz CT molecular complexity index is 448. The van der Waals surface area contributed by atoms with Crippen molar-refractivity contribution in [2.75, 3.05) is 18.0 Å². The van der Waals surface area contributed by atoms with Crippen LogP contribution in [0.5, 0.6) is 0 Å². The van der Waals surface area contributed by atoms with Gasteiger partial charge in [0.25, 0.3) is 0 Å². The SMILES string of the molecule is CC[C@@H](O)c1ccccc1N1CC2CCC(O)C2C1. The summed E-state index contributed by atoms with van der Waals surface area (Å²) in [5, 5.41) is 20.2. The lowest BCUT2D eigenvalue weighted by Crippen LogP contribution is -2.25. The van der Waals surface area contributed by atoms with Gasteiger partial charge in [0, 0.05) is 30.3 Å². The zero-order chi connectivity index (χ0) is 13.4. The molecule has 104 valence electrons. The average molecular weight is 261 g/mol. The molecule has 4 atom stereocenters. The molecular formula is C16H23NO2. The maximum absolute atomic E-state index is 10.1. The van der Waals surface area contributed by atoms with Crippen molar-refractivity contribution in [1.82, 2.24) is 0 Å². The van der Waals surface area contributed by atoms with Crippen molar-refractivity contribution in [3.05, 3.63) is 29.8 Å². The van der Waals surface area contributed by atoms with Crippen molar-refractivity contribution in [3.63, 3.8) is 0 Å². The topological polar surface area (TPSA) is 43.7 Å². The average Bonchev–Trinajstić information content (AvgIpc) is 3.00. The van der Waals surface area contributed by atoms with Gasteiger partial charge < -0.3 is 15.1 Å². The number of nitrogens with zero attached hydrogens (tertiary/aromatic N) is 1. The van der Waals surface area contributed by atoms with Gasteiger partial charge in [0.2, 0.25) is 0 Å². The molecule has 0 radical (unpaired) electrons. The summed E-state index contributed by atoms with van der Waals surface area (Å²) in [7, 11) is 0. The molecule has 3 rings (SSSR count). The number of hydrogen-bond donors (Lipinski definition) is 2. The highest BCUT2D eigenvalue weighted by atomic mass is 16.3. The third-order valence-electron chi connectivity index (χ3n) is 4.84. The van der Waals surface area contributed by atoms with Gasteiger partial charge in [-0.2, -0.15) is 0 Å². The Morgan fingerprint density at radius 2 is 2.05 bits per heavy atom. The number of anilines is 1. The van der Waals surface area contributed by atoms with E-state index in [4.69, 9.17) is 0 Å². The molecule has 19 heavy (non-hydrogen) atoms. The van der Waals surface area contributed by atoms with Crippen molar-refractivity contribution in [3.8, 4) is 0 Å². The molecule has 1 heterocycles. The first-order chi connectivity index (χ1) is 9.20. The van der Waals surface area contributed by atoms with E-state index in [1.165, 1.54) is 0 Å². The molecule has 2 N–H and O–H groups in total. The first kappa shape index (κ1) is 12.9. The molecule has 0 bridgehead atoms. The maximum Gasteiger partial charge on any atom is 0.0807 e. The largest absolute Gasteiger partial charge is 0.393 e. The fourth-order valence-electron chi connectivity index (χ4n) is 3.71. The zero-order valence-corrected chi connectivity index (χ0v) is 11.5. The van der Waals surface area contributed by atoms with Crippen LogP contribution in [-0.2, 0) is 0 Å². The smallest absolute Gasteiger partial charge is 0.0807 e. The number of hydrogen-bond acceptors (Lipinski definition) is 3. The summed E-state index contributed by atoms with van der Waals surface area (Å²) in [5.74, 6) is 1.05. The molecule has 0 amide bonds. The molecule has 1 aliphatic heterocycles. The van der Waals surface area contributed by atoms with Crippen molar-refractivity contribution in [2.24, 2.45) is 11.8 Å². The second-order valence-electron chi connectivity index (χ2n) is 5.96. The summed E-state index contributed by atoms with van der Waals surface area (Å²) in [6.07, 6.45) is 2.32. The quantitative estimate of drug-likeness (QED) is 0.877. The Balaban J connectivity index is 1.84. The maximum atomic E-state index is 10.1. The summed E-state index contributed by atoms with van der Waals surface area (Å²) in [5.41, 5.74) is 2.18. The van der Waals surface area contributed by atoms with E-state index < -0.39 is 0 Å². The molecule has 3 heteroatoms. The van der Waals surface area contributed by atoms with Gasteiger partial charge in [-0.15, -0.1) is 0 Å². The lowest BCUT2D eigenvalue weighted by Gasteiger charge is -2.25. The Hall–Kier alpha value is -1.06. The summed E-state index contributed by atoms with van der Waals surface area (Å²) in [6.45, 7) is 3.96. The first-order valence-electron chi connectivity index (χ1n) is 7.40. The Kier molecular flexibility index (Phi) is 3.50. The molecular weight excluding hydrogens is 238 g/mol. The highest BCUT2D eigenvalue weighted by molar-refractivity contribution is 5.55. The second-order valence-corrected chi connectivity index (χ2v) is 5.96. The van der Waals surface area contributed by atoms with E-state index >= 15 is 0 Å². The van der Waals surface area contributed by atoms with E-state index in [9.17, 15) is 10.2 Å². The van der Waals surface area contributed by atoms with E-state index in [1.807, 2.05) is 25.1 Å². The molecule has 1 aromatic carbocycles. The van der Waals surface area contributed by atoms with Gasteiger partial charge in [0.1, 0.15) is 0 Å². The third kappa shape index (κ3) is 2.26. The van der Waals surface area contributed by atoms with Crippen LogP contribution < -0.4 is 4.90 Å². The summed E-state index contributed by atoms with van der Waals surface area (Å²) in [6, 6.07) is 8.14. The predicted molar refractivity (Wildman–Crippen MR) is 76.1 cm³/mol. The number of para-hydroxylation sites is 1. The third-order valence-corrected chi connectivity index (χ3v) is 4.84.